The summed E-state index contributed by atoms with van der Waals surface area (Å²) in [4.78, 5) is 16.1. The fourth-order valence-corrected chi connectivity index (χ4v) is 2.40. The maximum absolute atomic E-state index is 11.9. The zero-order valence-corrected chi connectivity index (χ0v) is 11.0. The number of hydrogen-bond donors (Lipinski definition) is 2. The Morgan fingerprint density at radius 3 is 3.17 bits per heavy atom. The van der Waals surface area contributed by atoms with Gasteiger partial charge in [-0.2, -0.15) is 0 Å². The van der Waals surface area contributed by atoms with Crippen molar-refractivity contribution in [3.8, 4) is 0 Å². The lowest BCUT2D eigenvalue weighted by Crippen LogP contribution is -2.28. The molecule has 1 atom stereocenters. The molecular formula is C13H16N2O2S. The van der Waals surface area contributed by atoms with Crippen molar-refractivity contribution in [3.63, 3.8) is 0 Å². The zero-order chi connectivity index (χ0) is 13.0. The molecule has 1 unspecified atom stereocenters. The molecule has 0 aliphatic carbocycles. The van der Waals surface area contributed by atoms with Gasteiger partial charge in [0.05, 0.1) is 15.7 Å². The van der Waals surface area contributed by atoms with Crippen LogP contribution in [0, 0.1) is 5.92 Å². The molecule has 1 amide bonds. The fraction of sp³-hybridized carbons (Fsp3) is 0.385. The normalized spacial score (nSPS) is 12.6. The second-order valence-electron chi connectivity index (χ2n) is 4.36. The number of nitrogens with zero attached hydrogens (tertiary/aromatic N) is 1. The van der Waals surface area contributed by atoms with Crippen molar-refractivity contribution in [2.75, 3.05) is 13.2 Å². The van der Waals surface area contributed by atoms with Crippen molar-refractivity contribution < 1.29 is 9.90 Å². The summed E-state index contributed by atoms with van der Waals surface area (Å²) in [6, 6.07) is 5.50. The number of hydrogen-bond acceptors (Lipinski definition) is 4. The average Bonchev–Trinajstić information content (AvgIpc) is 2.83. The van der Waals surface area contributed by atoms with Crippen LogP contribution in [-0.2, 0) is 0 Å². The highest BCUT2D eigenvalue weighted by Crippen LogP contribution is 2.19. The summed E-state index contributed by atoms with van der Waals surface area (Å²) in [5, 5.41) is 11.7. The standard InChI is InChI=1S/C13H16N2O2S/c1-9(4-5-16)7-14-13(17)10-2-3-11-12(6-10)18-8-15-11/h2-3,6,8-9,16H,4-5,7H2,1H3,(H,14,17). The summed E-state index contributed by atoms with van der Waals surface area (Å²) in [5.74, 6) is 0.209. The molecule has 0 aliphatic heterocycles. The molecule has 0 saturated heterocycles. The Kier molecular flexibility index (Phi) is 4.28. The van der Waals surface area contributed by atoms with Crippen molar-refractivity contribution in [1.82, 2.24) is 10.3 Å². The summed E-state index contributed by atoms with van der Waals surface area (Å²) in [5.41, 5.74) is 3.35. The van der Waals surface area contributed by atoms with Crippen molar-refractivity contribution in [1.29, 1.82) is 0 Å². The van der Waals surface area contributed by atoms with E-state index in [9.17, 15) is 4.79 Å². The molecule has 0 radical (unpaired) electrons. The first kappa shape index (κ1) is 13.0. The summed E-state index contributed by atoms with van der Waals surface area (Å²) >= 11 is 1.53. The molecule has 2 aromatic rings. The van der Waals surface area contributed by atoms with Gasteiger partial charge >= 0.3 is 0 Å². The van der Waals surface area contributed by atoms with Gasteiger partial charge in [-0.1, -0.05) is 6.92 Å². The number of amides is 1. The van der Waals surface area contributed by atoms with Gasteiger partial charge in [-0.05, 0) is 30.5 Å². The molecule has 2 N–H and O–H groups in total. The first-order chi connectivity index (χ1) is 8.70. The first-order valence-electron chi connectivity index (χ1n) is 5.93. The predicted molar refractivity (Wildman–Crippen MR) is 72.8 cm³/mol. The number of aromatic nitrogens is 1. The molecule has 0 saturated carbocycles. The smallest absolute Gasteiger partial charge is 0.251 e. The van der Waals surface area contributed by atoms with E-state index in [1.165, 1.54) is 11.3 Å². The Morgan fingerprint density at radius 2 is 2.39 bits per heavy atom. The maximum atomic E-state index is 11.9. The number of carbonyl (C=O) groups is 1. The van der Waals surface area contributed by atoms with Crippen molar-refractivity contribution >= 4 is 27.5 Å². The molecule has 0 spiro atoms. The van der Waals surface area contributed by atoms with Crippen LogP contribution in [0.15, 0.2) is 23.7 Å². The highest BCUT2D eigenvalue weighted by molar-refractivity contribution is 7.16. The number of fused-ring (bicyclic) bond motifs is 1. The lowest BCUT2D eigenvalue weighted by molar-refractivity contribution is 0.0945. The lowest BCUT2D eigenvalue weighted by Gasteiger charge is -2.11. The molecule has 0 aliphatic rings. The Balaban J connectivity index is 1.99. The molecule has 96 valence electrons. The second kappa shape index (κ2) is 5.93. The van der Waals surface area contributed by atoms with Gasteiger partial charge in [-0.15, -0.1) is 11.3 Å². The van der Waals surface area contributed by atoms with E-state index in [1.807, 2.05) is 19.1 Å². The summed E-state index contributed by atoms with van der Waals surface area (Å²) in [6.45, 7) is 2.74. The van der Waals surface area contributed by atoms with Gasteiger partial charge in [0.25, 0.3) is 5.91 Å². The van der Waals surface area contributed by atoms with Gasteiger partial charge in [0.15, 0.2) is 0 Å². The molecule has 4 nitrogen and oxygen atoms in total. The zero-order valence-electron chi connectivity index (χ0n) is 10.2. The Hall–Kier alpha value is -1.46. The van der Waals surface area contributed by atoms with Crippen LogP contribution in [0.25, 0.3) is 10.2 Å². The molecule has 0 bridgehead atoms. The molecule has 2 rings (SSSR count). The minimum atomic E-state index is -0.0740. The molecule has 5 heteroatoms. The van der Waals surface area contributed by atoms with E-state index < -0.39 is 0 Å². The summed E-state index contributed by atoms with van der Waals surface area (Å²) < 4.78 is 1.02. The average molecular weight is 264 g/mol. The van der Waals surface area contributed by atoms with Crippen LogP contribution in [0.5, 0.6) is 0 Å². The quantitative estimate of drug-likeness (QED) is 0.868. The van der Waals surface area contributed by atoms with Gasteiger partial charge in [0.2, 0.25) is 0 Å². The third-order valence-corrected chi connectivity index (χ3v) is 3.62. The van der Waals surface area contributed by atoms with Gasteiger partial charge in [0.1, 0.15) is 0 Å². The third kappa shape index (κ3) is 3.05. The molecule has 1 aromatic heterocycles. The second-order valence-corrected chi connectivity index (χ2v) is 5.25. The van der Waals surface area contributed by atoms with E-state index >= 15 is 0 Å². The number of benzene rings is 1. The number of carbonyl (C=O) groups excluding carboxylic acids is 1. The molecule has 0 fully saturated rings. The number of aliphatic hydroxyl groups excluding tert-OH is 1. The first-order valence-corrected chi connectivity index (χ1v) is 6.81. The van der Waals surface area contributed by atoms with Gasteiger partial charge in [0, 0.05) is 18.7 Å². The van der Waals surface area contributed by atoms with E-state index in [1.54, 1.807) is 11.6 Å². The van der Waals surface area contributed by atoms with Crippen LogP contribution in [0.1, 0.15) is 23.7 Å². The van der Waals surface area contributed by atoms with Crippen LogP contribution < -0.4 is 5.32 Å². The van der Waals surface area contributed by atoms with Crippen LogP contribution in [0.3, 0.4) is 0 Å². The number of aliphatic hydroxyl groups is 1. The summed E-state index contributed by atoms with van der Waals surface area (Å²) in [6.07, 6.45) is 0.703. The number of nitrogens with one attached hydrogen (secondary N) is 1. The van der Waals surface area contributed by atoms with Gasteiger partial charge < -0.3 is 10.4 Å². The van der Waals surface area contributed by atoms with Crippen molar-refractivity contribution in [2.45, 2.75) is 13.3 Å². The lowest BCUT2D eigenvalue weighted by atomic mass is 10.1. The largest absolute Gasteiger partial charge is 0.396 e. The fourth-order valence-electron chi connectivity index (χ4n) is 1.69. The molecular weight excluding hydrogens is 248 g/mol. The van der Waals surface area contributed by atoms with Gasteiger partial charge in [-0.3, -0.25) is 4.79 Å². The van der Waals surface area contributed by atoms with E-state index in [0.717, 1.165) is 10.2 Å². The van der Waals surface area contributed by atoms with E-state index in [2.05, 4.69) is 10.3 Å². The third-order valence-electron chi connectivity index (χ3n) is 2.83. The monoisotopic (exact) mass is 264 g/mol. The number of rotatable bonds is 5. The topological polar surface area (TPSA) is 62.2 Å². The Labute approximate surface area is 110 Å². The van der Waals surface area contributed by atoms with Crippen LogP contribution in [-0.4, -0.2) is 29.1 Å². The minimum absolute atomic E-state index is 0.0740. The molecule has 18 heavy (non-hydrogen) atoms. The molecule has 1 heterocycles. The maximum Gasteiger partial charge on any atom is 0.251 e. The summed E-state index contributed by atoms with van der Waals surface area (Å²) in [7, 11) is 0. The van der Waals surface area contributed by atoms with E-state index in [4.69, 9.17) is 5.11 Å². The molecule has 1 aromatic carbocycles. The van der Waals surface area contributed by atoms with Crippen LogP contribution >= 0.6 is 11.3 Å². The highest BCUT2D eigenvalue weighted by atomic mass is 32.1. The van der Waals surface area contributed by atoms with Gasteiger partial charge in [-0.25, -0.2) is 4.98 Å². The number of thiazole rings is 1. The highest BCUT2D eigenvalue weighted by Gasteiger charge is 2.09. The minimum Gasteiger partial charge on any atom is -0.396 e. The SMILES string of the molecule is CC(CCO)CNC(=O)c1ccc2ncsc2c1. The van der Waals surface area contributed by atoms with E-state index in [0.29, 0.717) is 18.5 Å². The van der Waals surface area contributed by atoms with Crippen LogP contribution in [0.4, 0.5) is 0 Å². The van der Waals surface area contributed by atoms with Crippen molar-refractivity contribution in [2.24, 2.45) is 5.92 Å². The van der Waals surface area contributed by atoms with Crippen molar-refractivity contribution in [3.05, 3.63) is 29.3 Å². The van der Waals surface area contributed by atoms with E-state index in [-0.39, 0.29) is 18.4 Å². The predicted octanol–water partition coefficient (Wildman–Crippen LogP) is 2.04. The Morgan fingerprint density at radius 1 is 1.56 bits per heavy atom. The Bertz CT molecular complexity index is 539. The van der Waals surface area contributed by atoms with Crippen LogP contribution in [0.2, 0.25) is 0 Å².